The summed E-state index contributed by atoms with van der Waals surface area (Å²) in [7, 11) is 0. The zero-order valence-corrected chi connectivity index (χ0v) is 15.3. The molecule has 0 radical (unpaired) electrons. The van der Waals surface area contributed by atoms with Gasteiger partial charge in [0.1, 0.15) is 5.75 Å². The number of nitrogens with one attached hydrogen (secondary N) is 2. The van der Waals surface area contributed by atoms with Gasteiger partial charge in [-0.2, -0.15) is 0 Å². The summed E-state index contributed by atoms with van der Waals surface area (Å²) in [6, 6.07) is 7.39. The lowest BCUT2D eigenvalue weighted by Crippen LogP contribution is -2.36. The zero-order chi connectivity index (χ0) is 21.4. The van der Waals surface area contributed by atoms with Crippen molar-refractivity contribution in [2.75, 3.05) is 25.1 Å². The number of carbonyl (C=O) groups is 3. The highest BCUT2D eigenvalue weighted by atomic mass is 19.2. The number of esters is 1. The second-order valence-electron chi connectivity index (χ2n) is 5.58. The van der Waals surface area contributed by atoms with Crippen LogP contribution in [-0.4, -0.2) is 37.5 Å². The molecule has 0 aliphatic carbocycles. The number of halogens is 3. The zero-order valence-electron chi connectivity index (χ0n) is 15.3. The van der Waals surface area contributed by atoms with Crippen LogP contribution < -0.4 is 15.4 Å². The van der Waals surface area contributed by atoms with Gasteiger partial charge >= 0.3 is 5.97 Å². The van der Waals surface area contributed by atoms with Gasteiger partial charge < -0.3 is 20.1 Å². The molecule has 2 N–H and O–H groups in total. The molecule has 0 aliphatic rings. The van der Waals surface area contributed by atoms with Crippen LogP contribution in [0.4, 0.5) is 18.9 Å². The summed E-state index contributed by atoms with van der Waals surface area (Å²) < 4.78 is 49.5. The molecule has 2 rings (SSSR count). The Kier molecular flexibility index (Phi) is 7.58. The molecule has 0 saturated carbocycles. The first-order valence-corrected chi connectivity index (χ1v) is 8.41. The summed E-state index contributed by atoms with van der Waals surface area (Å²) in [4.78, 5) is 35.0. The average molecular weight is 410 g/mol. The maximum atomic E-state index is 13.5. The number of rotatable bonds is 8. The highest BCUT2D eigenvalue weighted by Gasteiger charge is 2.15. The molecule has 29 heavy (non-hydrogen) atoms. The average Bonchev–Trinajstić information content (AvgIpc) is 2.71. The lowest BCUT2D eigenvalue weighted by Gasteiger charge is -2.09. The van der Waals surface area contributed by atoms with Crippen molar-refractivity contribution in [3.05, 3.63) is 59.4 Å². The van der Waals surface area contributed by atoms with Gasteiger partial charge in [-0.3, -0.25) is 9.59 Å². The molecule has 154 valence electrons. The molecule has 0 bridgehead atoms. The molecule has 0 spiro atoms. The third-order valence-electron chi connectivity index (χ3n) is 3.49. The second kappa shape index (κ2) is 10.1. The van der Waals surface area contributed by atoms with E-state index >= 15 is 0 Å². The molecular formula is C19H17F3N2O5. The first-order valence-electron chi connectivity index (χ1n) is 8.41. The molecule has 0 saturated heterocycles. The first kappa shape index (κ1) is 21.7. The Morgan fingerprint density at radius 3 is 2.28 bits per heavy atom. The summed E-state index contributed by atoms with van der Waals surface area (Å²) in [5.74, 6) is -6.32. The van der Waals surface area contributed by atoms with E-state index in [2.05, 4.69) is 5.32 Å². The molecule has 0 aliphatic heterocycles. The third kappa shape index (κ3) is 6.23. The van der Waals surface area contributed by atoms with Crippen LogP contribution in [0.2, 0.25) is 0 Å². The molecule has 7 nitrogen and oxygen atoms in total. The van der Waals surface area contributed by atoms with Crippen molar-refractivity contribution in [1.29, 1.82) is 0 Å². The van der Waals surface area contributed by atoms with E-state index in [0.29, 0.717) is 17.4 Å². The molecule has 2 aromatic carbocycles. The molecule has 0 fully saturated rings. The summed E-state index contributed by atoms with van der Waals surface area (Å²) in [5.41, 5.74) is -0.231. The minimum atomic E-state index is -1.71. The Bertz CT molecular complexity index is 903. The molecule has 0 unspecified atom stereocenters. The maximum Gasteiger partial charge on any atom is 0.338 e. The molecule has 0 atom stereocenters. The topological polar surface area (TPSA) is 93.7 Å². The van der Waals surface area contributed by atoms with Crippen LogP contribution in [0.1, 0.15) is 17.3 Å². The number of amides is 2. The van der Waals surface area contributed by atoms with E-state index in [1.165, 1.54) is 24.3 Å². The normalized spacial score (nSPS) is 10.2. The van der Waals surface area contributed by atoms with Gasteiger partial charge in [-0.25, -0.2) is 18.0 Å². The van der Waals surface area contributed by atoms with E-state index in [-0.39, 0.29) is 6.61 Å². The van der Waals surface area contributed by atoms with E-state index in [9.17, 15) is 27.6 Å². The third-order valence-corrected chi connectivity index (χ3v) is 3.49. The van der Waals surface area contributed by atoms with Gasteiger partial charge in [0.15, 0.2) is 24.1 Å². The van der Waals surface area contributed by atoms with Crippen molar-refractivity contribution in [2.24, 2.45) is 0 Å². The van der Waals surface area contributed by atoms with Crippen molar-refractivity contribution in [2.45, 2.75) is 6.92 Å². The van der Waals surface area contributed by atoms with Crippen LogP contribution in [0.25, 0.3) is 0 Å². The Hall–Kier alpha value is -3.56. The van der Waals surface area contributed by atoms with Crippen molar-refractivity contribution in [3.63, 3.8) is 0 Å². The SMILES string of the molecule is CCOC(=O)c1ccc(OCC(=O)NCC(=O)Nc2ccc(F)c(F)c2F)cc1. The van der Waals surface area contributed by atoms with Gasteiger partial charge in [0.25, 0.3) is 5.91 Å². The summed E-state index contributed by atoms with van der Waals surface area (Å²) in [6.07, 6.45) is 0. The molecule has 2 aromatic rings. The standard InChI is InChI=1S/C19H17F3N2O5/c1-2-28-19(27)11-3-5-12(6-4-11)29-10-16(26)23-9-15(25)24-14-8-7-13(20)17(21)18(14)22/h3-8H,2,9-10H2,1H3,(H,23,26)(H,24,25). The van der Waals surface area contributed by atoms with Crippen molar-refractivity contribution < 1.29 is 37.0 Å². The van der Waals surface area contributed by atoms with Gasteiger partial charge in [0.2, 0.25) is 5.91 Å². The molecule has 0 aromatic heterocycles. The number of benzene rings is 2. The fourth-order valence-electron chi connectivity index (χ4n) is 2.10. The van der Waals surface area contributed by atoms with Crippen LogP contribution in [0.15, 0.2) is 36.4 Å². The monoisotopic (exact) mass is 410 g/mol. The fraction of sp³-hybridized carbons (Fsp3) is 0.211. The van der Waals surface area contributed by atoms with Crippen LogP contribution in [0, 0.1) is 17.5 Å². The number of ether oxygens (including phenoxy) is 2. The number of anilines is 1. The lowest BCUT2D eigenvalue weighted by molar-refractivity contribution is -0.125. The molecular weight excluding hydrogens is 393 g/mol. The highest BCUT2D eigenvalue weighted by Crippen LogP contribution is 2.19. The van der Waals surface area contributed by atoms with E-state index < -0.39 is 54.1 Å². The van der Waals surface area contributed by atoms with Gasteiger partial charge in [-0.05, 0) is 43.3 Å². The van der Waals surface area contributed by atoms with Crippen molar-refractivity contribution in [1.82, 2.24) is 5.32 Å². The molecule has 10 heteroatoms. The van der Waals surface area contributed by atoms with E-state index in [1.807, 2.05) is 5.32 Å². The largest absolute Gasteiger partial charge is 0.484 e. The lowest BCUT2D eigenvalue weighted by atomic mass is 10.2. The summed E-state index contributed by atoms with van der Waals surface area (Å²) >= 11 is 0. The predicted molar refractivity (Wildman–Crippen MR) is 95.8 cm³/mol. The minimum Gasteiger partial charge on any atom is -0.484 e. The maximum absolute atomic E-state index is 13.5. The minimum absolute atomic E-state index is 0.244. The second-order valence-corrected chi connectivity index (χ2v) is 5.58. The van der Waals surface area contributed by atoms with E-state index in [4.69, 9.17) is 9.47 Å². The predicted octanol–water partition coefficient (Wildman–Crippen LogP) is 2.41. The quantitative estimate of drug-likeness (QED) is 0.515. The molecule has 2 amide bonds. The summed E-state index contributed by atoms with van der Waals surface area (Å²) in [6.45, 7) is 0.963. The Morgan fingerprint density at radius 1 is 0.931 bits per heavy atom. The highest BCUT2D eigenvalue weighted by molar-refractivity contribution is 5.94. The van der Waals surface area contributed by atoms with Crippen LogP contribution in [-0.2, 0) is 14.3 Å². The number of carbonyl (C=O) groups excluding carboxylic acids is 3. The van der Waals surface area contributed by atoms with E-state index in [1.54, 1.807) is 6.92 Å². The fourth-order valence-corrected chi connectivity index (χ4v) is 2.10. The van der Waals surface area contributed by atoms with Crippen molar-refractivity contribution >= 4 is 23.5 Å². The summed E-state index contributed by atoms with van der Waals surface area (Å²) in [5, 5.41) is 4.24. The van der Waals surface area contributed by atoms with Crippen molar-refractivity contribution in [3.8, 4) is 5.75 Å². The first-order chi connectivity index (χ1) is 13.8. The Morgan fingerprint density at radius 2 is 1.62 bits per heavy atom. The van der Waals surface area contributed by atoms with Gasteiger partial charge in [-0.1, -0.05) is 0 Å². The van der Waals surface area contributed by atoms with Crippen LogP contribution in [0.3, 0.4) is 0 Å². The Labute approximate surface area is 163 Å². The van der Waals surface area contributed by atoms with Gasteiger partial charge in [0, 0.05) is 0 Å². The number of hydrogen-bond donors (Lipinski definition) is 2. The van der Waals surface area contributed by atoms with Crippen LogP contribution >= 0.6 is 0 Å². The van der Waals surface area contributed by atoms with E-state index in [0.717, 1.165) is 6.07 Å². The smallest absolute Gasteiger partial charge is 0.338 e. The molecule has 0 heterocycles. The number of hydrogen-bond acceptors (Lipinski definition) is 5. The van der Waals surface area contributed by atoms with Gasteiger partial charge in [0.05, 0.1) is 24.4 Å². The van der Waals surface area contributed by atoms with Gasteiger partial charge in [-0.15, -0.1) is 0 Å². The Balaban J connectivity index is 1.77. The van der Waals surface area contributed by atoms with Crippen LogP contribution in [0.5, 0.6) is 5.75 Å².